The van der Waals surface area contributed by atoms with Gasteiger partial charge in [0.25, 0.3) is 0 Å². The van der Waals surface area contributed by atoms with Crippen LogP contribution in [0.2, 0.25) is 0 Å². The van der Waals surface area contributed by atoms with Crippen LogP contribution in [0.4, 0.5) is 0 Å². The van der Waals surface area contributed by atoms with Crippen molar-refractivity contribution >= 4 is 16.5 Å². The third-order valence-corrected chi connectivity index (χ3v) is 4.59. The Labute approximate surface area is 173 Å². The van der Waals surface area contributed by atoms with Crippen LogP contribution in [0.25, 0.3) is 16.5 Å². The van der Waals surface area contributed by atoms with E-state index in [0.717, 1.165) is 35.2 Å². The number of methoxy groups -OCH3 is 1. The van der Waals surface area contributed by atoms with Gasteiger partial charge in [0.1, 0.15) is 5.75 Å². The SMILES string of the molecule is CC.COc1ccc(CCC#CC2NC=C(c3ccc4cnccc4c3)N2)cc1. The number of benzene rings is 2. The van der Waals surface area contributed by atoms with E-state index in [4.69, 9.17) is 4.74 Å². The third kappa shape index (κ3) is 5.30. The van der Waals surface area contributed by atoms with Crippen LogP contribution in [0.5, 0.6) is 5.75 Å². The maximum Gasteiger partial charge on any atom is 0.160 e. The number of nitrogens with zero attached hydrogens (tertiary/aromatic N) is 1. The van der Waals surface area contributed by atoms with Crippen LogP contribution in [0.1, 0.15) is 31.4 Å². The molecule has 1 aromatic heterocycles. The second-order valence-electron chi connectivity index (χ2n) is 6.41. The van der Waals surface area contributed by atoms with E-state index in [1.54, 1.807) is 7.11 Å². The molecule has 2 aromatic carbocycles. The number of ether oxygens (including phenoxy) is 1. The number of nitrogens with one attached hydrogen (secondary N) is 2. The van der Waals surface area contributed by atoms with E-state index in [1.807, 2.05) is 50.6 Å². The maximum atomic E-state index is 5.18. The summed E-state index contributed by atoms with van der Waals surface area (Å²) in [4.78, 5) is 4.16. The third-order valence-electron chi connectivity index (χ3n) is 4.59. The lowest BCUT2D eigenvalue weighted by atomic mass is 10.1. The summed E-state index contributed by atoms with van der Waals surface area (Å²) in [5.41, 5.74) is 3.47. The van der Waals surface area contributed by atoms with E-state index in [2.05, 4.69) is 57.8 Å². The summed E-state index contributed by atoms with van der Waals surface area (Å²) in [6.07, 6.45) is 7.39. The topological polar surface area (TPSA) is 46.2 Å². The van der Waals surface area contributed by atoms with Crippen LogP contribution in [0.15, 0.2) is 67.1 Å². The Kier molecular flexibility index (Phi) is 7.13. The first-order valence-corrected chi connectivity index (χ1v) is 10.00. The van der Waals surface area contributed by atoms with Gasteiger partial charge in [-0.15, -0.1) is 0 Å². The summed E-state index contributed by atoms with van der Waals surface area (Å²) in [5, 5.41) is 9.04. The Hall–Kier alpha value is -3.45. The van der Waals surface area contributed by atoms with Gasteiger partial charge < -0.3 is 15.4 Å². The lowest BCUT2D eigenvalue weighted by Gasteiger charge is -2.08. The predicted molar refractivity (Wildman–Crippen MR) is 120 cm³/mol. The van der Waals surface area contributed by atoms with Crippen molar-refractivity contribution in [3.8, 4) is 17.6 Å². The van der Waals surface area contributed by atoms with Crippen molar-refractivity contribution in [1.29, 1.82) is 0 Å². The van der Waals surface area contributed by atoms with Crippen LogP contribution >= 0.6 is 0 Å². The van der Waals surface area contributed by atoms with Gasteiger partial charge in [-0.2, -0.15) is 0 Å². The molecule has 148 valence electrons. The standard InChI is InChI=1S/C23H21N3O.C2H6/c1-27-21-10-6-17(7-11-21)4-2-3-5-23-25-16-22(26-23)19-8-9-20-15-24-13-12-18(20)14-19;1-2/h6-16,23,25-26H,2,4H2,1H3;1-2H3. The molecule has 1 atom stereocenters. The molecule has 4 rings (SSSR count). The quantitative estimate of drug-likeness (QED) is 0.638. The molecular formula is C25H27N3O. The van der Waals surface area contributed by atoms with Gasteiger partial charge in [0, 0.05) is 30.4 Å². The number of aromatic nitrogens is 1. The molecule has 29 heavy (non-hydrogen) atoms. The second-order valence-corrected chi connectivity index (χ2v) is 6.41. The molecule has 2 heterocycles. The highest BCUT2D eigenvalue weighted by Gasteiger charge is 2.13. The zero-order valence-electron chi connectivity index (χ0n) is 17.2. The Balaban J connectivity index is 0.00000117. The first-order valence-electron chi connectivity index (χ1n) is 10.00. The first-order chi connectivity index (χ1) is 14.3. The van der Waals surface area contributed by atoms with Crippen molar-refractivity contribution in [3.05, 3.63) is 78.3 Å². The first kappa shape index (κ1) is 20.3. The highest BCUT2D eigenvalue weighted by molar-refractivity contribution is 5.85. The fraction of sp³-hybridized carbons (Fsp3) is 0.240. The number of pyridine rings is 1. The molecule has 1 unspecified atom stereocenters. The minimum atomic E-state index is -0.0518. The van der Waals surface area contributed by atoms with Gasteiger partial charge >= 0.3 is 0 Å². The molecule has 0 radical (unpaired) electrons. The Bertz CT molecular complexity index is 1030. The Morgan fingerprint density at radius 3 is 2.66 bits per heavy atom. The lowest BCUT2D eigenvalue weighted by Crippen LogP contribution is -2.29. The zero-order valence-corrected chi connectivity index (χ0v) is 17.2. The minimum Gasteiger partial charge on any atom is -0.497 e. The van der Waals surface area contributed by atoms with Crippen LogP contribution in [-0.2, 0) is 6.42 Å². The lowest BCUT2D eigenvalue weighted by molar-refractivity contribution is 0.414. The summed E-state index contributed by atoms with van der Waals surface area (Å²) < 4.78 is 5.18. The smallest absolute Gasteiger partial charge is 0.160 e. The van der Waals surface area contributed by atoms with E-state index >= 15 is 0 Å². The normalized spacial score (nSPS) is 14.4. The molecule has 3 aromatic rings. The number of hydrogen-bond acceptors (Lipinski definition) is 4. The summed E-state index contributed by atoms with van der Waals surface area (Å²) in [7, 11) is 1.68. The summed E-state index contributed by atoms with van der Waals surface area (Å²) in [5.74, 6) is 7.39. The molecule has 0 fully saturated rings. The van der Waals surface area contributed by atoms with Crippen molar-refractivity contribution in [1.82, 2.24) is 15.6 Å². The Morgan fingerprint density at radius 1 is 1.03 bits per heavy atom. The van der Waals surface area contributed by atoms with Gasteiger partial charge in [0.05, 0.1) is 12.8 Å². The molecule has 0 amide bonds. The number of rotatable bonds is 4. The van der Waals surface area contributed by atoms with Gasteiger partial charge in [0.15, 0.2) is 6.17 Å². The van der Waals surface area contributed by atoms with E-state index < -0.39 is 0 Å². The molecule has 4 nitrogen and oxygen atoms in total. The molecule has 4 heteroatoms. The summed E-state index contributed by atoms with van der Waals surface area (Å²) in [6.45, 7) is 4.00. The average molecular weight is 386 g/mol. The van der Waals surface area contributed by atoms with E-state index in [9.17, 15) is 0 Å². The van der Waals surface area contributed by atoms with Crippen molar-refractivity contribution in [2.45, 2.75) is 32.9 Å². The monoisotopic (exact) mass is 385 g/mol. The molecule has 0 aliphatic carbocycles. The highest BCUT2D eigenvalue weighted by Crippen LogP contribution is 2.20. The molecule has 0 saturated heterocycles. The van der Waals surface area contributed by atoms with Gasteiger partial charge in [-0.3, -0.25) is 4.98 Å². The van der Waals surface area contributed by atoms with Crippen LogP contribution < -0.4 is 15.4 Å². The summed E-state index contributed by atoms with van der Waals surface area (Å²) in [6, 6.07) is 16.5. The molecule has 1 aliphatic rings. The van der Waals surface area contributed by atoms with Crippen LogP contribution in [0.3, 0.4) is 0 Å². The molecular weight excluding hydrogens is 358 g/mol. The number of fused-ring (bicyclic) bond motifs is 1. The predicted octanol–water partition coefficient (Wildman–Crippen LogP) is 4.72. The van der Waals surface area contributed by atoms with Gasteiger partial charge in [-0.1, -0.05) is 50.0 Å². The zero-order chi connectivity index (χ0) is 20.5. The van der Waals surface area contributed by atoms with Crippen molar-refractivity contribution in [2.24, 2.45) is 0 Å². The van der Waals surface area contributed by atoms with Crippen molar-refractivity contribution < 1.29 is 4.74 Å². The summed E-state index contributed by atoms with van der Waals surface area (Å²) >= 11 is 0. The molecule has 0 bridgehead atoms. The maximum absolute atomic E-state index is 5.18. The van der Waals surface area contributed by atoms with Crippen LogP contribution in [0, 0.1) is 11.8 Å². The second kappa shape index (κ2) is 10.2. The largest absolute Gasteiger partial charge is 0.497 e. The molecule has 0 spiro atoms. The van der Waals surface area contributed by atoms with E-state index in [1.165, 1.54) is 10.9 Å². The molecule has 2 N–H and O–H groups in total. The van der Waals surface area contributed by atoms with Crippen LogP contribution in [-0.4, -0.2) is 18.3 Å². The fourth-order valence-corrected chi connectivity index (χ4v) is 3.07. The van der Waals surface area contributed by atoms with Gasteiger partial charge in [-0.05, 0) is 47.2 Å². The average Bonchev–Trinajstić information content (AvgIpc) is 3.27. The minimum absolute atomic E-state index is 0.0518. The number of aryl methyl sites for hydroxylation is 1. The van der Waals surface area contributed by atoms with Crippen molar-refractivity contribution in [2.75, 3.05) is 7.11 Å². The molecule has 0 saturated carbocycles. The Morgan fingerprint density at radius 2 is 1.86 bits per heavy atom. The van der Waals surface area contributed by atoms with Gasteiger partial charge in [-0.25, -0.2) is 0 Å². The van der Waals surface area contributed by atoms with E-state index in [-0.39, 0.29) is 6.17 Å². The number of hydrogen-bond donors (Lipinski definition) is 2. The highest BCUT2D eigenvalue weighted by atomic mass is 16.5. The van der Waals surface area contributed by atoms with E-state index in [0.29, 0.717) is 0 Å². The van der Waals surface area contributed by atoms with Crippen molar-refractivity contribution in [3.63, 3.8) is 0 Å². The fourth-order valence-electron chi connectivity index (χ4n) is 3.07. The van der Waals surface area contributed by atoms with Gasteiger partial charge in [0.2, 0.25) is 0 Å². The molecule has 1 aliphatic heterocycles.